The summed E-state index contributed by atoms with van der Waals surface area (Å²) in [5, 5.41) is 8.52. The summed E-state index contributed by atoms with van der Waals surface area (Å²) < 4.78 is 0. The molecule has 0 aromatic heterocycles. The van der Waals surface area contributed by atoms with E-state index in [-0.39, 0.29) is 0 Å². The quantitative estimate of drug-likeness (QED) is 0.171. The Morgan fingerprint density at radius 2 is 0.816 bits per heavy atom. The van der Waals surface area contributed by atoms with Crippen LogP contribution in [0.4, 0.5) is 0 Å². The summed E-state index contributed by atoms with van der Waals surface area (Å²) in [5.74, 6) is -0.653. The molecule has 1 N–H and O–H groups in total. The summed E-state index contributed by atoms with van der Waals surface area (Å²) in [5.41, 5.74) is 5.04. The topological polar surface area (TPSA) is 37.3 Å². The van der Waals surface area contributed by atoms with Crippen LogP contribution in [0, 0.1) is 0 Å². The molecular formula is C36H50O2. The van der Waals surface area contributed by atoms with Crippen LogP contribution in [0.2, 0.25) is 0 Å². The van der Waals surface area contributed by atoms with Crippen LogP contribution < -0.4 is 0 Å². The Morgan fingerprint density at radius 1 is 0.474 bits per heavy atom. The fourth-order valence-corrected chi connectivity index (χ4v) is 4.79. The van der Waals surface area contributed by atoms with Crippen molar-refractivity contribution < 1.29 is 9.90 Å². The summed E-state index contributed by atoms with van der Waals surface area (Å²) >= 11 is 0. The molecule has 0 atom stereocenters. The fraction of sp³-hybridized carbons (Fsp3) is 0.472. The number of carboxylic acids is 1. The number of carbonyl (C=O) groups is 1. The summed E-state index contributed by atoms with van der Waals surface area (Å²) in [6.45, 7) is 2.27. The molecule has 3 aromatic carbocycles. The minimum Gasteiger partial charge on any atom is -0.481 e. The van der Waals surface area contributed by atoms with Crippen molar-refractivity contribution >= 4 is 5.97 Å². The molecular weight excluding hydrogens is 464 g/mol. The summed E-state index contributed by atoms with van der Waals surface area (Å²) in [4.78, 5) is 10.3. The summed E-state index contributed by atoms with van der Waals surface area (Å²) in [7, 11) is 0. The van der Waals surface area contributed by atoms with Crippen LogP contribution >= 0.6 is 0 Å². The first kappa shape index (κ1) is 31.3. The number of unbranched alkanes of at least 4 members (excludes halogenated alkanes) is 14. The van der Waals surface area contributed by atoms with Gasteiger partial charge in [-0.3, -0.25) is 4.79 Å². The molecule has 0 saturated heterocycles. The Morgan fingerprint density at radius 3 is 1.18 bits per heavy atom. The minimum atomic E-state index is -0.653. The van der Waals surface area contributed by atoms with Gasteiger partial charge in [0.1, 0.15) is 0 Å². The minimum absolute atomic E-state index is 0.345. The highest BCUT2D eigenvalue weighted by atomic mass is 16.4. The van der Waals surface area contributed by atoms with Crippen LogP contribution in [-0.2, 0) is 4.79 Å². The largest absolute Gasteiger partial charge is 0.481 e. The third-order valence-corrected chi connectivity index (χ3v) is 7.07. The molecule has 38 heavy (non-hydrogen) atoms. The molecule has 0 spiro atoms. The van der Waals surface area contributed by atoms with E-state index in [1.165, 1.54) is 106 Å². The van der Waals surface area contributed by atoms with Crippen LogP contribution in [0.5, 0.6) is 0 Å². The van der Waals surface area contributed by atoms with Gasteiger partial charge < -0.3 is 5.11 Å². The van der Waals surface area contributed by atoms with Gasteiger partial charge in [-0.2, -0.15) is 0 Å². The Balaban J connectivity index is 0.000000267. The molecule has 3 aromatic rings. The second-order valence-corrected chi connectivity index (χ2v) is 10.4. The van der Waals surface area contributed by atoms with E-state index in [0.717, 1.165) is 12.8 Å². The van der Waals surface area contributed by atoms with Crippen molar-refractivity contribution in [3.63, 3.8) is 0 Å². The Hall–Kier alpha value is -2.87. The summed E-state index contributed by atoms with van der Waals surface area (Å²) in [6, 6.07) is 29.6. The zero-order valence-corrected chi connectivity index (χ0v) is 23.8. The van der Waals surface area contributed by atoms with E-state index in [1.54, 1.807) is 0 Å². The number of carboxylic acid groups (broad SMARTS) is 1. The van der Waals surface area contributed by atoms with Gasteiger partial charge in [-0.1, -0.05) is 176 Å². The zero-order valence-electron chi connectivity index (χ0n) is 23.8. The molecule has 0 aliphatic carbocycles. The maximum atomic E-state index is 10.3. The predicted molar refractivity (Wildman–Crippen MR) is 164 cm³/mol. The molecule has 0 fully saturated rings. The van der Waals surface area contributed by atoms with E-state index in [0.29, 0.717) is 6.42 Å². The Bertz CT molecular complexity index is 910. The van der Waals surface area contributed by atoms with Crippen LogP contribution in [-0.4, -0.2) is 11.1 Å². The SMILES string of the molecule is CCCCCCCCCCCCCCCCCC(=O)O.c1ccc(-c2cccc(-c3ccccc3)c2)cc1. The van der Waals surface area contributed by atoms with E-state index < -0.39 is 5.97 Å². The normalized spacial score (nSPS) is 10.6. The number of hydrogen-bond acceptors (Lipinski definition) is 1. The summed E-state index contributed by atoms with van der Waals surface area (Å²) in [6.07, 6.45) is 20.2. The van der Waals surface area contributed by atoms with Crippen molar-refractivity contribution in [2.75, 3.05) is 0 Å². The molecule has 0 aliphatic rings. The first-order valence-corrected chi connectivity index (χ1v) is 15.1. The van der Waals surface area contributed by atoms with Gasteiger partial charge in [0.2, 0.25) is 0 Å². The maximum absolute atomic E-state index is 10.3. The van der Waals surface area contributed by atoms with Gasteiger partial charge in [0.05, 0.1) is 0 Å². The molecule has 2 nitrogen and oxygen atoms in total. The highest BCUT2D eigenvalue weighted by molar-refractivity contribution is 5.72. The second-order valence-electron chi connectivity index (χ2n) is 10.4. The lowest BCUT2D eigenvalue weighted by Gasteiger charge is -2.05. The molecule has 2 heteroatoms. The average Bonchev–Trinajstić information content (AvgIpc) is 2.96. The zero-order chi connectivity index (χ0) is 27.1. The molecule has 3 rings (SSSR count). The van der Waals surface area contributed by atoms with Crippen molar-refractivity contribution in [3.05, 3.63) is 84.9 Å². The van der Waals surface area contributed by atoms with Crippen LogP contribution in [0.25, 0.3) is 22.3 Å². The van der Waals surface area contributed by atoms with Crippen molar-refractivity contribution in [3.8, 4) is 22.3 Å². The van der Waals surface area contributed by atoms with Crippen LogP contribution in [0.1, 0.15) is 110 Å². The van der Waals surface area contributed by atoms with Crippen molar-refractivity contribution in [1.82, 2.24) is 0 Å². The molecule has 0 unspecified atom stereocenters. The average molecular weight is 515 g/mol. The fourth-order valence-electron chi connectivity index (χ4n) is 4.79. The van der Waals surface area contributed by atoms with E-state index in [9.17, 15) is 4.79 Å². The third kappa shape index (κ3) is 14.8. The predicted octanol–water partition coefficient (Wildman–Crippen LogP) is 11.4. The molecule has 206 valence electrons. The molecule has 0 amide bonds. The van der Waals surface area contributed by atoms with E-state index >= 15 is 0 Å². The lowest BCUT2D eigenvalue weighted by atomic mass is 9.99. The lowest BCUT2D eigenvalue weighted by molar-refractivity contribution is -0.137. The van der Waals surface area contributed by atoms with Crippen molar-refractivity contribution in [1.29, 1.82) is 0 Å². The molecule has 0 heterocycles. The van der Waals surface area contributed by atoms with E-state index in [4.69, 9.17) is 5.11 Å². The first-order chi connectivity index (χ1) is 18.7. The first-order valence-electron chi connectivity index (χ1n) is 15.1. The molecule has 0 aliphatic heterocycles. The van der Waals surface area contributed by atoms with Crippen molar-refractivity contribution in [2.24, 2.45) is 0 Å². The number of hydrogen-bond donors (Lipinski definition) is 1. The van der Waals surface area contributed by atoms with Crippen LogP contribution in [0.15, 0.2) is 84.9 Å². The smallest absolute Gasteiger partial charge is 0.303 e. The van der Waals surface area contributed by atoms with Crippen LogP contribution in [0.3, 0.4) is 0 Å². The Kier molecular flexibility index (Phi) is 17.4. The Labute approximate surface area is 232 Å². The third-order valence-electron chi connectivity index (χ3n) is 7.07. The van der Waals surface area contributed by atoms with Gasteiger partial charge in [0.15, 0.2) is 0 Å². The van der Waals surface area contributed by atoms with Crippen molar-refractivity contribution in [2.45, 2.75) is 110 Å². The van der Waals surface area contributed by atoms with E-state index in [1.807, 2.05) is 12.1 Å². The van der Waals surface area contributed by atoms with Gasteiger partial charge in [-0.05, 0) is 34.7 Å². The maximum Gasteiger partial charge on any atom is 0.303 e. The number of rotatable bonds is 18. The number of benzene rings is 3. The lowest BCUT2D eigenvalue weighted by Crippen LogP contribution is -1.93. The highest BCUT2D eigenvalue weighted by Crippen LogP contribution is 2.26. The molecule has 0 saturated carbocycles. The van der Waals surface area contributed by atoms with E-state index in [2.05, 4.69) is 79.7 Å². The highest BCUT2D eigenvalue weighted by Gasteiger charge is 2.00. The van der Waals surface area contributed by atoms with Gasteiger partial charge in [0.25, 0.3) is 0 Å². The van der Waals surface area contributed by atoms with Gasteiger partial charge in [0, 0.05) is 6.42 Å². The standard InChI is InChI=1S/C18H36O2.C18H14/c1-2-3-4-5-6-7-8-9-10-11-12-13-14-15-16-17-18(19)20;1-3-8-15(9-4-1)17-12-7-13-18(14-17)16-10-5-2-6-11-16/h2-17H2,1H3,(H,19,20);1-14H. The van der Waals surface area contributed by atoms with Gasteiger partial charge in [-0.25, -0.2) is 0 Å². The molecule has 0 bridgehead atoms. The number of aliphatic carboxylic acids is 1. The van der Waals surface area contributed by atoms with Gasteiger partial charge in [-0.15, -0.1) is 0 Å². The second kappa shape index (κ2) is 21.1. The molecule has 0 radical (unpaired) electrons. The monoisotopic (exact) mass is 514 g/mol. The van der Waals surface area contributed by atoms with Gasteiger partial charge >= 0.3 is 5.97 Å².